The lowest BCUT2D eigenvalue weighted by Crippen LogP contribution is -1.91. The Morgan fingerprint density at radius 3 is 2.24 bits per heavy atom. The molecule has 0 amide bonds. The second kappa shape index (κ2) is 7.29. The zero-order valence-electron chi connectivity index (χ0n) is 18.9. The van der Waals surface area contributed by atoms with E-state index in [1.54, 1.807) is 0 Å². The Balaban J connectivity index is 1.60. The number of hydrogen-bond donors (Lipinski definition) is 0. The maximum Gasteiger partial charge on any atom is 0.0955 e. The Kier molecular flexibility index (Phi) is 4.09. The molecular weight excluding hydrogens is 412 g/mol. The molecule has 0 aliphatic heterocycles. The van der Waals surface area contributed by atoms with Crippen molar-refractivity contribution in [2.45, 2.75) is 0 Å². The molecule has 1 aromatic heterocycles. The van der Waals surface area contributed by atoms with Gasteiger partial charge in [-0.1, -0.05) is 91.0 Å². The van der Waals surface area contributed by atoms with Gasteiger partial charge in [0, 0.05) is 12.6 Å². The molecule has 0 aliphatic carbocycles. The standard InChI is InChI=1S/C32H22N2/c1-34-20-33-30-13-7-12-28(32(30)34)29-19-23-10-5-6-11-25(23)31-26-16-14-22(21-8-3-2-4-9-21)18-24(26)15-17-27(29)31/h2-20H,1H3. The summed E-state index contributed by atoms with van der Waals surface area (Å²) in [4.78, 5) is 4.60. The van der Waals surface area contributed by atoms with Crippen LogP contribution in [-0.2, 0) is 7.05 Å². The molecule has 0 unspecified atom stereocenters. The average molecular weight is 435 g/mol. The topological polar surface area (TPSA) is 17.8 Å². The van der Waals surface area contributed by atoms with E-state index in [0.29, 0.717) is 0 Å². The van der Waals surface area contributed by atoms with Crippen LogP contribution in [0.1, 0.15) is 0 Å². The third-order valence-electron chi connectivity index (χ3n) is 6.97. The van der Waals surface area contributed by atoms with Crippen molar-refractivity contribution in [3.8, 4) is 22.3 Å². The molecule has 34 heavy (non-hydrogen) atoms. The molecule has 160 valence electrons. The summed E-state index contributed by atoms with van der Waals surface area (Å²) in [5.41, 5.74) is 7.14. The van der Waals surface area contributed by atoms with E-state index in [1.807, 2.05) is 6.33 Å². The fourth-order valence-corrected chi connectivity index (χ4v) is 5.39. The maximum atomic E-state index is 4.60. The molecule has 0 bridgehead atoms. The van der Waals surface area contributed by atoms with Crippen LogP contribution in [0, 0.1) is 0 Å². The Bertz CT molecular complexity index is 1860. The first-order valence-electron chi connectivity index (χ1n) is 11.6. The molecule has 0 aliphatic rings. The highest BCUT2D eigenvalue weighted by molar-refractivity contribution is 6.25. The van der Waals surface area contributed by atoms with Gasteiger partial charge < -0.3 is 4.57 Å². The van der Waals surface area contributed by atoms with E-state index < -0.39 is 0 Å². The molecule has 0 radical (unpaired) electrons. The number of rotatable bonds is 2. The van der Waals surface area contributed by atoms with Crippen LogP contribution in [-0.4, -0.2) is 9.55 Å². The highest BCUT2D eigenvalue weighted by Gasteiger charge is 2.15. The molecule has 6 aromatic carbocycles. The first kappa shape index (κ1) is 19.1. The molecule has 0 spiro atoms. The number of aryl methyl sites for hydroxylation is 1. The first-order chi connectivity index (χ1) is 16.8. The van der Waals surface area contributed by atoms with Crippen molar-refractivity contribution in [1.29, 1.82) is 0 Å². The Hall–Kier alpha value is -4.43. The minimum Gasteiger partial charge on any atom is -0.333 e. The predicted octanol–water partition coefficient (Wildman–Crippen LogP) is 8.37. The largest absolute Gasteiger partial charge is 0.333 e. The van der Waals surface area contributed by atoms with Crippen molar-refractivity contribution in [3.63, 3.8) is 0 Å². The van der Waals surface area contributed by atoms with Crippen LogP contribution in [0.4, 0.5) is 0 Å². The van der Waals surface area contributed by atoms with Gasteiger partial charge in [0.05, 0.1) is 17.4 Å². The Morgan fingerprint density at radius 1 is 0.559 bits per heavy atom. The van der Waals surface area contributed by atoms with Crippen molar-refractivity contribution in [2.75, 3.05) is 0 Å². The Morgan fingerprint density at radius 2 is 1.32 bits per heavy atom. The zero-order valence-corrected chi connectivity index (χ0v) is 18.9. The molecule has 0 N–H and O–H groups in total. The number of aromatic nitrogens is 2. The molecular formula is C32H22N2. The van der Waals surface area contributed by atoms with E-state index in [1.165, 1.54) is 60.1 Å². The van der Waals surface area contributed by atoms with Crippen LogP contribution < -0.4 is 0 Å². The number of imidazole rings is 1. The number of benzene rings is 6. The van der Waals surface area contributed by atoms with Gasteiger partial charge in [-0.15, -0.1) is 0 Å². The molecule has 2 nitrogen and oxygen atoms in total. The van der Waals surface area contributed by atoms with Gasteiger partial charge in [-0.3, -0.25) is 0 Å². The molecule has 0 saturated carbocycles. The van der Waals surface area contributed by atoms with Gasteiger partial charge in [-0.25, -0.2) is 4.98 Å². The number of hydrogen-bond acceptors (Lipinski definition) is 1. The van der Waals surface area contributed by atoms with Crippen LogP contribution in [0.15, 0.2) is 116 Å². The smallest absolute Gasteiger partial charge is 0.0955 e. The number of nitrogens with zero attached hydrogens (tertiary/aromatic N) is 2. The van der Waals surface area contributed by atoms with E-state index in [-0.39, 0.29) is 0 Å². The van der Waals surface area contributed by atoms with Crippen molar-refractivity contribution < 1.29 is 0 Å². The predicted molar refractivity (Wildman–Crippen MR) is 144 cm³/mol. The van der Waals surface area contributed by atoms with Crippen molar-refractivity contribution >= 4 is 43.4 Å². The fourth-order valence-electron chi connectivity index (χ4n) is 5.39. The normalized spacial score (nSPS) is 11.7. The van der Waals surface area contributed by atoms with Gasteiger partial charge in [0.1, 0.15) is 0 Å². The Labute approximate surface area is 197 Å². The van der Waals surface area contributed by atoms with Crippen LogP contribution in [0.2, 0.25) is 0 Å². The summed E-state index contributed by atoms with van der Waals surface area (Å²) in [5.74, 6) is 0. The first-order valence-corrected chi connectivity index (χ1v) is 11.6. The lowest BCUT2D eigenvalue weighted by Gasteiger charge is -2.15. The summed E-state index contributed by atoms with van der Waals surface area (Å²) < 4.78 is 2.12. The molecule has 7 rings (SSSR count). The SMILES string of the molecule is Cn1cnc2cccc(-c3cc4ccccc4c4c3ccc3cc(-c5ccccc5)ccc34)c21. The highest BCUT2D eigenvalue weighted by Crippen LogP contribution is 2.41. The summed E-state index contributed by atoms with van der Waals surface area (Å²) in [6.45, 7) is 0. The van der Waals surface area contributed by atoms with E-state index in [2.05, 4.69) is 126 Å². The van der Waals surface area contributed by atoms with Crippen LogP contribution in [0.3, 0.4) is 0 Å². The van der Waals surface area contributed by atoms with E-state index in [4.69, 9.17) is 0 Å². The summed E-state index contributed by atoms with van der Waals surface area (Å²) in [5, 5.41) is 7.67. The second-order valence-corrected chi connectivity index (χ2v) is 8.96. The summed E-state index contributed by atoms with van der Waals surface area (Å²) in [7, 11) is 2.07. The minimum absolute atomic E-state index is 1.02. The monoisotopic (exact) mass is 434 g/mol. The summed E-state index contributed by atoms with van der Waals surface area (Å²) >= 11 is 0. The second-order valence-electron chi connectivity index (χ2n) is 8.96. The summed E-state index contributed by atoms with van der Waals surface area (Å²) in [6, 6.07) is 39.5. The average Bonchev–Trinajstić information content (AvgIpc) is 3.29. The van der Waals surface area contributed by atoms with Crippen LogP contribution in [0.25, 0.3) is 65.6 Å². The molecule has 1 heterocycles. The molecule has 0 fully saturated rings. The third kappa shape index (κ3) is 2.79. The van der Waals surface area contributed by atoms with Crippen molar-refractivity contribution in [3.05, 3.63) is 116 Å². The van der Waals surface area contributed by atoms with Crippen LogP contribution in [0.5, 0.6) is 0 Å². The van der Waals surface area contributed by atoms with Crippen molar-refractivity contribution in [1.82, 2.24) is 9.55 Å². The molecule has 2 heteroatoms. The minimum atomic E-state index is 1.02. The van der Waals surface area contributed by atoms with Gasteiger partial charge >= 0.3 is 0 Å². The van der Waals surface area contributed by atoms with Gasteiger partial charge in [0.25, 0.3) is 0 Å². The van der Waals surface area contributed by atoms with Crippen molar-refractivity contribution in [2.24, 2.45) is 7.05 Å². The molecule has 0 saturated heterocycles. The summed E-state index contributed by atoms with van der Waals surface area (Å²) in [6.07, 6.45) is 1.90. The van der Waals surface area contributed by atoms with Gasteiger partial charge in [-0.2, -0.15) is 0 Å². The quantitative estimate of drug-likeness (QED) is 0.250. The third-order valence-corrected chi connectivity index (χ3v) is 6.97. The lowest BCUT2D eigenvalue weighted by molar-refractivity contribution is 0.948. The molecule has 0 atom stereocenters. The fraction of sp³-hybridized carbons (Fsp3) is 0.0312. The molecule has 7 aromatic rings. The zero-order chi connectivity index (χ0) is 22.6. The van der Waals surface area contributed by atoms with Gasteiger partial charge in [0.2, 0.25) is 0 Å². The number of fused-ring (bicyclic) bond motifs is 6. The van der Waals surface area contributed by atoms with Gasteiger partial charge in [-0.05, 0) is 67.2 Å². The lowest BCUT2D eigenvalue weighted by atomic mass is 9.89. The van der Waals surface area contributed by atoms with Crippen LogP contribution >= 0.6 is 0 Å². The maximum absolute atomic E-state index is 4.60. The number of para-hydroxylation sites is 1. The van der Waals surface area contributed by atoms with E-state index in [9.17, 15) is 0 Å². The van der Waals surface area contributed by atoms with E-state index >= 15 is 0 Å². The van der Waals surface area contributed by atoms with E-state index in [0.717, 1.165) is 5.52 Å². The highest BCUT2D eigenvalue weighted by atomic mass is 15.0. The van der Waals surface area contributed by atoms with Gasteiger partial charge in [0.15, 0.2) is 0 Å².